The van der Waals surface area contributed by atoms with Gasteiger partial charge in [-0.05, 0) is 54.7 Å². The van der Waals surface area contributed by atoms with Crippen molar-refractivity contribution in [3.05, 3.63) is 47.5 Å². The zero-order chi connectivity index (χ0) is 23.9. The molecule has 0 aliphatic heterocycles. The molecule has 2 N–H and O–H groups in total. The van der Waals surface area contributed by atoms with Crippen molar-refractivity contribution in [3.8, 4) is 23.0 Å². The maximum absolute atomic E-state index is 11.1. The quantitative estimate of drug-likeness (QED) is 0.473. The number of hydrogen-bond donors (Lipinski definition) is 2. The maximum atomic E-state index is 11.1. The Bertz CT molecular complexity index is 805. The first-order valence-electron chi connectivity index (χ1n) is 9.81. The van der Waals surface area contributed by atoms with Gasteiger partial charge in [0.05, 0.1) is 21.3 Å². The van der Waals surface area contributed by atoms with Gasteiger partial charge < -0.3 is 23.5 Å². The van der Waals surface area contributed by atoms with Crippen molar-refractivity contribution < 1.29 is 37.8 Å². The summed E-state index contributed by atoms with van der Waals surface area (Å²) in [4.78, 5) is 18.0. The molecule has 2 aromatic rings. The van der Waals surface area contributed by atoms with Crippen LogP contribution in [0.4, 0.5) is 0 Å². The van der Waals surface area contributed by atoms with Crippen LogP contribution in [0.1, 0.15) is 38.8 Å². The Morgan fingerprint density at radius 3 is 1.47 bits per heavy atom. The van der Waals surface area contributed by atoms with E-state index in [9.17, 15) is 4.57 Å². The van der Waals surface area contributed by atoms with Crippen molar-refractivity contribution in [2.24, 2.45) is 0 Å². The number of phosphoric acid groups is 1. The second-order valence-corrected chi connectivity index (χ2v) is 7.18. The second kappa shape index (κ2) is 17.3. The third kappa shape index (κ3) is 12.0. The Morgan fingerprint density at radius 2 is 1.09 bits per heavy atom. The van der Waals surface area contributed by atoms with Gasteiger partial charge in [0.15, 0.2) is 23.0 Å². The van der Waals surface area contributed by atoms with Gasteiger partial charge in [0.25, 0.3) is 0 Å². The number of rotatable bonds is 9. The molecule has 0 amide bonds. The van der Waals surface area contributed by atoms with Crippen LogP contribution in [0.2, 0.25) is 0 Å². The Labute approximate surface area is 192 Å². The number of hydrogen-bond acceptors (Lipinski definition) is 6. The summed E-state index contributed by atoms with van der Waals surface area (Å²) in [6, 6.07) is 10.9. The van der Waals surface area contributed by atoms with E-state index in [-0.39, 0.29) is 18.9 Å². The van der Waals surface area contributed by atoms with Gasteiger partial charge in [0, 0.05) is 14.2 Å². The lowest BCUT2D eigenvalue weighted by Gasteiger charge is -2.13. The predicted octanol–water partition coefficient (Wildman–Crippen LogP) is 5.28. The van der Waals surface area contributed by atoms with Crippen LogP contribution >= 0.6 is 7.82 Å². The fourth-order valence-electron chi connectivity index (χ4n) is 2.61. The first-order valence-corrected chi connectivity index (χ1v) is 11.3. The molecule has 0 aromatic heterocycles. The van der Waals surface area contributed by atoms with E-state index < -0.39 is 7.82 Å². The Kier molecular flexibility index (Phi) is 17.3. The molecule has 8 nitrogen and oxygen atoms in total. The van der Waals surface area contributed by atoms with Crippen LogP contribution < -0.4 is 18.7 Å². The van der Waals surface area contributed by atoms with Crippen molar-refractivity contribution in [1.29, 1.82) is 0 Å². The number of ether oxygens (including phenoxy) is 4. The van der Waals surface area contributed by atoms with Gasteiger partial charge in [-0.25, -0.2) is 4.57 Å². The van der Waals surface area contributed by atoms with E-state index in [0.717, 1.165) is 30.4 Å². The monoisotopic (exact) mass is 474 g/mol. The molecule has 0 saturated carbocycles. The van der Waals surface area contributed by atoms with Gasteiger partial charge >= 0.3 is 7.82 Å². The molecule has 9 heteroatoms. The predicted molar refractivity (Wildman–Crippen MR) is 128 cm³/mol. The topological polar surface area (TPSA) is 104 Å². The van der Waals surface area contributed by atoms with Crippen LogP contribution in [0.3, 0.4) is 0 Å². The van der Waals surface area contributed by atoms with Crippen molar-refractivity contribution in [2.45, 2.75) is 40.5 Å². The highest BCUT2D eigenvalue weighted by molar-refractivity contribution is 7.46. The van der Waals surface area contributed by atoms with E-state index in [1.165, 1.54) is 7.11 Å². The molecule has 0 fully saturated rings. The summed E-state index contributed by atoms with van der Waals surface area (Å²) in [5, 5.41) is 0. The highest BCUT2D eigenvalue weighted by atomic mass is 31.2. The number of benzene rings is 2. The Hall–Kier alpha value is -2.25. The largest absolute Gasteiger partial charge is 0.524 e. The Morgan fingerprint density at radius 1 is 0.719 bits per heavy atom. The molecule has 0 radical (unpaired) electrons. The molecule has 0 heterocycles. The van der Waals surface area contributed by atoms with E-state index in [1.807, 2.05) is 38.1 Å². The first kappa shape index (κ1) is 31.9. The van der Waals surface area contributed by atoms with Crippen LogP contribution in [-0.4, -0.2) is 45.3 Å². The third-order valence-electron chi connectivity index (χ3n) is 3.82. The van der Waals surface area contributed by atoms with Crippen molar-refractivity contribution in [1.82, 2.24) is 0 Å². The average Bonchev–Trinajstić information content (AvgIpc) is 2.74. The van der Waals surface area contributed by atoms with Gasteiger partial charge in [-0.2, -0.15) is 0 Å². The summed E-state index contributed by atoms with van der Waals surface area (Å²) in [7, 11) is 3.22. The smallest absolute Gasteiger partial charge is 0.493 e. The highest BCUT2D eigenvalue weighted by Crippen LogP contribution is 2.42. The molecule has 0 spiro atoms. The average molecular weight is 475 g/mol. The van der Waals surface area contributed by atoms with Crippen LogP contribution in [0.25, 0.3) is 0 Å². The van der Waals surface area contributed by atoms with Crippen molar-refractivity contribution >= 4 is 7.82 Å². The lowest BCUT2D eigenvalue weighted by molar-refractivity contribution is 0.276. The van der Waals surface area contributed by atoms with Gasteiger partial charge in [-0.3, -0.25) is 9.79 Å². The van der Waals surface area contributed by atoms with Crippen LogP contribution in [0.5, 0.6) is 23.0 Å². The number of aryl methyl sites for hydroxylation is 2. The van der Waals surface area contributed by atoms with Crippen molar-refractivity contribution in [3.63, 3.8) is 0 Å². The normalized spacial score (nSPS) is 9.78. The number of phosphoric ester groups is 1. The van der Waals surface area contributed by atoms with E-state index in [4.69, 9.17) is 28.5 Å². The van der Waals surface area contributed by atoms with Gasteiger partial charge in [0.1, 0.15) is 0 Å². The second-order valence-electron chi connectivity index (χ2n) is 6.02. The van der Waals surface area contributed by atoms with Crippen LogP contribution in [-0.2, 0) is 22.1 Å². The van der Waals surface area contributed by atoms with Crippen molar-refractivity contribution in [2.75, 3.05) is 35.5 Å². The molecule has 0 aliphatic rings. The van der Waals surface area contributed by atoms with E-state index in [2.05, 4.69) is 4.74 Å². The Balaban J connectivity index is 0. The minimum atomic E-state index is -4.64. The minimum Gasteiger partial charge on any atom is -0.493 e. The molecule has 0 bridgehead atoms. The summed E-state index contributed by atoms with van der Waals surface area (Å²) in [5.74, 6) is 1.68. The molecule has 2 rings (SSSR count). The summed E-state index contributed by atoms with van der Waals surface area (Å²) in [6.07, 6.45) is 2.38. The van der Waals surface area contributed by atoms with Gasteiger partial charge in [-0.1, -0.05) is 33.4 Å². The summed E-state index contributed by atoms with van der Waals surface area (Å²) < 4.78 is 35.6. The summed E-state index contributed by atoms with van der Waals surface area (Å²) >= 11 is 0. The molecule has 0 atom stereocenters. The van der Waals surface area contributed by atoms with E-state index in [1.54, 1.807) is 40.6 Å². The molecule has 0 unspecified atom stereocenters. The zero-order valence-electron chi connectivity index (χ0n) is 19.4. The van der Waals surface area contributed by atoms with Gasteiger partial charge in [0.2, 0.25) is 0 Å². The molecule has 2 aromatic carbocycles. The molecule has 0 saturated heterocycles. The molecular formula is C23H39O8P. The van der Waals surface area contributed by atoms with Crippen LogP contribution in [0, 0.1) is 0 Å². The maximum Gasteiger partial charge on any atom is 0.524 e. The molecular weight excluding hydrogens is 435 g/mol. The van der Waals surface area contributed by atoms with E-state index in [0.29, 0.717) is 11.5 Å². The minimum absolute atomic E-state index is 0. The standard InChI is InChI=1S/C18H23O7P.C2H6O.C2H6.CH4/c1-22-15-9-7-13(11-17(15)24-3)5-4-6-14-8-10-16(23-2)18(12-14)25-26(19,20)21;1-3-2;1-2;/h7-12H,4-6H2,1-3H3,(H2,19,20,21);1-2H3;1-2H3;1H4. The van der Waals surface area contributed by atoms with Gasteiger partial charge in [-0.15, -0.1) is 0 Å². The highest BCUT2D eigenvalue weighted by Gasteiger charge is 2.19. The lowest BCUT2D eigenvalue weighted by atomic mass is 10.0. The first-order chi connectivity index (χ1) is 14.8. The zero-order valence-corrected chi connectivity index (χ0v) is 20.3. The third-order valence-corrected chi connectivity index (χ3v) is 4.26. The molecule has 0 aliphatic carbocycles. The van der Waals surface area contributed by atoms with Crippen LogP contribution in [0.15, 0.2) is 36.4 Å². The molecule has 32 heavy (non-hydrogen) atoms. The fraction of sp³-hybridized carbons (Fsp3) is 0.478. The molecule has 184 valence electrons. The summed E-state index contributed by atoms with van der Waals surface area (Å²) in [5.41, 5.74) is 2.01. The van der Waals surface area contributed by atoms with E-state index >= 15 is 0 Å². The summed E-state index contributed by atoms with van der Waals surface area (Å²) in [6.45, 7) is 4.00. The number of methoxy groups -OCH3 is 4. The lowest BCUT2D eigenvalue weighted by Crippen LogP contribution is -1.97. The SMILES string of the molecule is C.CC.COC.COc1ccc(CCCc2ccc(OC)c(OP(=O)(O)O)c2)cc1OC. The fourth-order valence-corrected chi connectivity index (χ4v) is 3.01.